The average Bonchev–Trinajstić information content (AvgIpc) is 3.07. The first-order chi connectivity index (χ1) is 16.1. The van der Waals surface area contributed by atoms with Gasteiger partial charge in [0.15, 0.2) is 11.5 Å². The number of carbonyl (C=O) groups is 3. The summed E-state index contributed by atoms with van der Waals surface area (Å²) < 4.78 is 57.3. The Hall–Kier alpha value is -3.96. The van der Waals surface area contributed by atoms with Gasteiger partial charge in [0.1, 0.15) is 5.75 Å². The van der Waals surface area contributed by atoms with Gasteiger partial charge in [0.05, 0.1) is 21.3 Å². The van der Waals surface area contributed by atoms with Crippen LogP contribution in [0.4, 0.5) is 18.0 Å². The van der Waals surface area contributed by atoms with Crippen LogP contribution in [0, 0.1) is 0 Å². The van der Waals surface area contributed by atoms with Crippen LogP contribution in [0.2, 0.25) is 0 Å². The second-order valence-electron chi connectivity index (χ2n) is 7.26. The largest absolute Gasteiger partial charge is 0.497 e. The van der Waals surface area contributed by atoms with E-state index in [1.165, 1.54) is 33.5 Å². The molecule has 0 bridgehead atoms. The summed E-state index contributed by atoms with van der Waals surface area (Å²) in [6, 6.07) is 9.01. The van der Waals surface area contributed by atoms with E-state index >= 15 is 0 Å². The van der Waals surface area contributed by atoms with Crippen LogP contribution >= 0.6 is 0 Å². The Kier molecular flexibility index (Phi) is 6.89. The lowest BCUT2D eigenvalue weighted by molar-refractivity contribution is -0.200. The first-order valence-electron chi connectivity index (χ1n) is 9.94. The molecule has 1 fully saturated rings. The Labute approximate surface area is 192 Å². The lowest BCUT2D eigenvalue weighted by Crippen LogP contribution is -2.69. The summed E-state index contributed by atoms with van der Waals surface area (Å²) in [5, 5.41) is 3.28. The fourth-order valence-electron chi connectivity index (χ4n) is 3.38. The number of urea groups is 1. The number of methoxy groups -OCH3 is 3. The zero-order valence-corrected chi connectivity index (χ0v) is 18.5. The predicted octanol–water partition coefficient (Wildman–Crippen LogP) is 2.50. The van der Waals surface area contributed by atoms with Crippen molar-refractivity contribution in [2.45, 2.75) is 18.3 Å². The number of nitrogens with one attached hydrogen (secondary N) is 2. The molecule has 1 aliphatic heterocycles. The summed E-state index contributed by atoms with van der Waals surface area (Å²) in [4.78, 5) is 38.3. The van der Waals surface area contributed by atoms with E-state index in [1.54, 1.807) is 34.9 Å². The molecule has 9 nitrogen and oxygen atoms in total. The van der Waals surface area contributed by atoms with E-state index in [4.69, 9.17) is 14.2 Å². The van der Waals surface area contributed by atoms with Crippen LogP contribution < -0.4 is 24.8 Å². The molecule has 2 aromatic carbocycles. The van der Waals surface area contributed by atoms with Crippen LogP contribution in [0.3, 0.4) is 0 Å². The first kappa shape index (κ1) is 24.7. The molecule has 12 heteroatoms. The van der Waals surface area contributed by atoms with E-state index in [-0.39, 0.29) is 30.0 Å². The zero-order chi connectivity index (χ0) is 25.1. The molecule has 2 aromatic rings. The maximum Gasteiger partial charge on any atom is 0.440 e. The number of amides is 4. The molecule has 182 valence electrons. The highest BCUT2D eigenvalue weighted by Crippen LogP contribution is 2.35. The van der Waals surface area contributed by atoms with Gasteiger partial charge in [0.25, 0.3) is 17.5 Å². The number of hydrogen-bond donors (Lipinski definition) is 2. The summed E-state index contributed by atoms with van der Waals surface area (Å²) in [6.45, 7) is -0.332. The number of halogens is 3. The van der Waals surface area contributed by atoms with Crippen molar-refractivity contribution in [1.82, 2.24) is 15.5 Å². The van der Waals surface area contributed by atoms with Crippen molar-refractivity contribution in [2.24, 2.45) is 0 Å². The Morgan fingerprint density at radius 1 is 1.00 bits per heavy atom. The molecule has 1 heterocycles. The Bertz CT molecular complexity index is 1090. The number of benzene rings is 2. The second kappa shape index (κ2) is 9.49. The van der Waals surface area contributed by atoms with E-state index < -0.39 is 29.7 Å². The highest BCUT2D eigenvalue weighted by atomic mass is 19.4. The van der Waals surface area contributed by atoms with Crippen molar-refractivity contribution < 1.29 is 41.8 Å². The number of carbonyl (C=O) groups excluding carboxylic acids is 3. The molecule has 0 unspecified atom stereocenters. The second-order valence-corrected chi connectivity index (χ2v) is 7.26. The standard InChI is InChI=1S/C22H22F3N3O6/c1-32-15-7-4-13(5-8-15)10-11-28-19(30)21(22(23,24)25,27-20(28)31)26-18(29)14-6-9-16(33-2)17(12-14)34-3/h4-9,12H,10-11H2,1-3H3,(H,26,29)(H,27,31)/t21-/m1/s1. The third-order valence-corrected chi connectivity index (χ3v) is 5.26. The van der Waals surface area contributed by atoms with Gasteiger partial charge in [-0.25, -0.2) is 4.79 Å². The fourth-order valence-corrected chi connectivity index (χ4v) is 3.38. The van der Waals surface area contributed by atoms with Crippen LogP contribution in [-0.4, -0.2) is 62.5 Å². The van der Waals surface area contributed by atoms with Crippen LogP contribution in [0.5, 0.6) is 17.2 Å². The molecule has 4 amide bonds. The highest BCUT2D eigenvalue weighted by Gasteiger charge is 2.68. The molecule has 1 saturated heterocycles. The molecule has 0 spiro atoms. The van der Waals surface area contributed by atoms with Crippen molar-refractivity contribution in [3.8, 4) is 17.2 Å². The molecule has 3 rings (SSSR count). The van der Waals surface area contributed by atoms with Gasteiger partial charge >= 0.3 is 12.2 Å². The smallest absolute Gasteiger partial charge is 0.440 e. The summed E-state index contributed by atoms with van der Waals surface area (Å²) in [7, 11) is 4.12. The molecule has 0 aliphatic carbocycles. The maximum atomic E-state index is 14.1. The first-order valence-corrected chi connectivity index (χ1v) is 9.94. The minimum absolute atomic E-state index is 0.0964. The molecule has 34 heavy (non-hydrogen) atoms. The number of nitrogens with zero attached hydrogens (tertiary/aromatic N) is 1. The average molecular weight is 481 g/mol. The third-order valence-electron chi connectivity index (χ3n) is 5.26. The van der Waals surface area contributed by atoms with Crippen molar-refractivity contribution in [1.29, 1.82) is 0 Å². The minimum atomic E-state index is -5.32. The number of hydrogen-bond acceptors (Lipinski definition) is 6. The molecular weight excluding hydrogens is 459 g/mol. The van der Waals surface area contributed by atoms with Crippen LogP contribution in [-0.2, 0) is 11.2 Å². The van der Waals surface area contributed by atoms with Crippen molar-refractivity contribution in [3.63, 3.8) is 0 Å². The number of rotatable bonds is 8. The quantitative estimate of drug-likeness (QED) is 0.562. The topological polar surface area (TPSA) is 106 Å². The number of alkyl halides is 3. The SMILES string of the molecule is COc1ccc(CCN2C(=O)N[C@@](NC(=O)c3ccc(OC)c(OC)c3)(C(F)(F)F)C2=O)cc1. The van der Waals surface area contributed by atoms with Gasteiger partial charge < -0.3 is 19.5 Å². The van der Waals surface area contributed by atoms with E-state index in [0.717, 1.165) is 6.07 Å². The van der Waals surface area contributed by atoms with Crippen LogP contribution in [0.1, 0.15) is 15.9 Å². The van der Waals surface area contributed by atoms with Crippen molar-refractivity contribution >= 4 is 17.8 Å². The summed E-state index contributed by atoms with van der Waals surface area (Å²) in [5.41, 5.74) is -3.19. The minimum Gasteiger partial charge on any atom is -0.497 e. The molecular formula is C22H22F3N3O6. The monoisotopic (exact) mass is 481 g/mol. The normalized spacial score (nSPS) is 17.9. The third kappa shape index (κ3) is 4.56. The van der Waals surface area contributed by atoms with E-state index in [0.29, 0.717) is 16.2 Å². The number of imide groups is 1. The van der Waals surface area contributed by atoms with Gasteiger partial charge in [-0.05, 0) is 42.3 Å². The van der Waals surface area contributed by atoms with Gasteiger partial charge in [-0.2, -0.15) is 13.2 Å². The van der Waals surface area contributed by atoms with Crippen molar-refractivity contribution in [3.05, 3.63) is 53.6 Å². The van der Waals surface area contributed by atoms with Gasteiger partial charge in [-0.15, -0.1) is 0 Å². The van der Waals surface area contributed by atoms with Gasteiger partial charge in [0, 0.05) is 12.1 Å². The molecule has 2 N–H and O–H groups in total. The Balaban J connectivity index is 1.83. The molecule has 0 radical (unpaired) electrons. The molecule has 1 aliphatic rings. The lowest BCUT2D eigenvalue weighted by Gasteiger charge is -2.30. The van der Waals surface area contributed by atoms with Gasteiger partial charge in [0.2, 0.25) is 0 Å². The molecule has 0 aromatic heterocycles. The van der Waals surface area contributed by atoms with Crippen molar-refractivity contribution in [2.75, 3.05) is 27.9 Å². The highest BCUT2D eigenvalue weighted by molar-refractivity contribution is 6.10. The van der Waals surface area contributed by atoms with Crippen LogP contribution in [0.25, 0.3) is 0 Å². The summed E-state index contributed by atoms with van der Waals surface area (Å²) in [6.07, 6.45) is -5.22. The van der Waals surface area contributed by atoms with E-state index in [9.17, 15) is 27.6 Å². The summed E-state index contributed by atoms with van der Waals surface area (Å²) in [5.74, 6) is -1.96. The van der Waals surface area contributed by atoms with E-state index in [2.05, 4.69) is 0 Å². The zero-order valence-electron chi connectivity index (χ0n) is 18.5. The van der Waals surface area contributed by atoms with E-state index in [1.807, 2.05) is 0 Å². The summed E-state index contributed by atoms with van der Waals surface area (Å²) >= 11 is 0. The molecule has 1 atom stereocenters. The maximum absolute atomic E-state index is 14.1. The Morgan fingerprint density at radius 3 is 2.21 bits per heavy atom. The molecule has 0 saturated carbocycles. The number of ether oxygens (including phenoxy) is 3. The van der Waals surface area contributed by atoms with Crippen LogP contribution in [0.15, 0.2) is 42.5 Å². The van der Waals surface area contributed by atoms with Gasteiger partial charge in [-0.1, -0.05) is 12.1 Å². The van der Waals surface area contributed by atoms with Gasteiger partial charge in [-0.3, -0.25) is 19.8 Å². The lowest BCUT2D eigenvalue weighted by atomic mass is 10.1. The fraction of sp³-hybridized carbons (Fsp3) is 0.318. The predicted molar refractivity (Wildman–Crippen MR) is 113 cm³/mol. The Morgan fingerprint density at radius 2 is 1.65 bits per heavy atom.